The molecule has 1 saturated heterocycles. The molecule has 0 radical (unpaired) electrons. The molecule has 22 heavy (non-hydrogen) atoms. The topological polar surface area (TPSA) is 61.9 Å². The second-order valence-corrected chi connectivity index (χ2v) is 5.99. The number of amides is 1. The van der Waals surface area contributed by atoms with Gasteiger partial charge in [-0.1, -0.05) is 12.1 Å². The number of pyridine rings is 1. The third-order valence-electron chi connectivity index (χ3n) is 3.57. The van der Waals surface area contributed by atoms with Gasteiger partial charge in [0.05, 0.1) is 11.1 Å². The summed E-state index contributed by atoms with van der Waals surface area (Å²) in [7, 11) is 0. The number of rotatable bonds is 2. The maximum absolute atomic E-state index is 13.1. The molecule has 0 spiro atoms. The Balaban J connectivity index is 1.80. The van der Waals surface area contributed by atoms with Crippen LogP contribution in [0, 0.1) is 5.82 Å². The van der Waals surface area contributed by atoms with Gasteiger partial charge in [-0.3, -0.25) is 14.8 Å². The van der Waals surface area contributed by atoms with Crippen molar-refractivity contribution >= 4 is 34.5 Å². The summed E-state index contributed by atoms with van der Waals surface area (Å²) in [4.78, 5) is 18.2. The zero-order valence-corrected chi connectivity index (χ0v) is 12.2. The van der Waals surface area contributed by atoms with Crippen molar-refractivity contribution in [1.29, 1.82) is 0 Å². The number of hydrogen-bond donors (Lipinski definition) is 1. The number of anilines is 1. The van der Waals surface area contributed by atoms with Gasteiger partial charge < -0.3 is 0 Å². The third-order valence-corrected chi connectivity index (χ3v) is 4.78. The maximum Gasteiger partial charge on any atom is 0.239 e. The SMILES string of the molecule is O=C1CS[C@H](c2ccc(F)cc2)N1c1n[nH]c2ncccc12. The number of nitrogens with zero attached hydrogens (tertiary/aromatic N) is 3. The molecule has 7 heteroatoms. The second kappa shape index (κ2) is 5.10. The number of benzene rings is 1. The van der Waals surface area contributed by atoms with Crippen molar-refractivity contribution < 1.29 is 9.18 Å². The lowest BCUT2D eigenvalue weighted by atomic mass is 10.2. The molecule has 110 valence electrons. The fraction of sp³-hybridized carbons (Fsp3) is 0.133. The van der Waals surface area contributed by atoms with Crippen molar-refractivity contribution in [3.8, 4) is 0 Å². The van der Waals surface area contributed by atoms with E-state index < -0.39 is 0 Å². The average molecular weight is 314 g/mol. The zero-order valence-electron chi connectivity index (χ0n) is 11.4. The molecule has 1 aliphatic heterocycles. The summed E-state index contributed by atoms with van der Waals surface area (Å²) in [6.45, 7) is 0. The van der Waals surface area contributed by atoms with Gasteiger partial charge in [0.1, 0.15) is 11.2 Å². The number of hydrogen-bond acceptors (Lipinski definition) is 4. The molecular weight excluding hydrogens is 303 g/mol. The van der Waals surface area contributed by atoms with Gasteiger partial charge in [-0.15, -0.1) is 11.8 Å². The monoisotopic (exact) mass is 314 g/mol. The summed E-state index contributed by atoms with van der Waals surface area (Å²) >= 11 is 1.50. The molecule has 1 atom stereocenters. The van der Waals surface area contributed by atoms with Crippen LogP contribution in [0.1, 0.15) is 10.9 Å². The molecule has 1 aromatic carbocycles. The molecule has 1 amide bonds. The molecule has 1 N–H and O–H groups in total. The molecule has 5 nitrogen and oxygen atoms in total. The Kier molecular flexibility index (Phi) is 3.07. The highest BCUT2D eigenvalue weighted by molar-refractivity contribution is 8.00. The smallest absolute Gasteiger partial charge is 0.239 e. The number of aromatic amines is 1. The van der Waals surface area contributed by atoms with Crippen LogP contribution < -0.4 is 4.90 Å². The van der Waals surface area contributed by atoms with Gasteiger partial charge in [-0.25, -0.2) is 9.37 Å². The van der Waals surface area contributed by atoms with E-state index in [4.69, 9.17) is 0 Å². The molecule has 0 aliphatic carbocycles. The molecule has 1 fully saturated rings. The highest BCUT2D eigenvalue weighted by atomic mass is 32.2. The van der Waals surface area contributed by atoms with E-state index in [2.05, 4.69) is 15.2 Å². The van der Waals surface area contributed by atoms with Crippen LogP contribution in [0.2, 0.25) is 0 Å². The highest BCUT2D eigenvalue weighted by Crippen LogP contribution is 2.42. The van der Waals surface area contributed by atoms with E-state index in [1.807, 2.05) is 12.1 Å². The number of H-pyrrole nitrogens is 1. The number of halogens is 1. The Labute approximate surface area is 129 Å². The molecule has 4 rings (SSSR count). The van der Waals surface area contributed by atoms with Gasteiger partial charge in [-0.05, 0) is 29.8 Å². The van der Waals surface area contributed by atoms with Crippen LogP contribution in [0.15, 0.2) is 42.6 Å². The highest BCUT2D eigenvalue weighted by Gasteiger charge is 2.36. The van der Waals surface area contributed by atoms with Crippen LogP contribution in [0.25, 0.3) is 11.0 Å². The fourth-order valence-corrected chi connectivity index (χ4v) is 3.71. The Bertz CT molecular complexity index is 848. The van der Waals surface area contributed by atoms with E-state index in [-0.39, 0.29) is 17.1 Å². The van der Waals surface area contributed by atoms with Gasteiger partial charge in [-0.2, -0.15) is 5.10 Å². The van der Waals surface area contributed by atoms with Crippen molar-refractivity contribution in [3.05, 3.63) is 54.0 Å². The molecule has 0 saturated carbocycles. The summed E-state index contributed by atoms with van der Waals surface area (Å²) in [5.41, 5.74) is 1.51. The zero-order chi connectivity index (χ0) is 15.1. The van der Waals surface area contributed by atoms with Gasteiger partial charge in [0.2, 0.25) is 5.91 Å². The van der Waals surface area contributed by atoms with Crippen molar-refractivity contribution in [2.75, 3.05) is 10.7 Å². The van der Waals surface area contributed by atoms with E-state index in [0.29, 0.717) is 17.2 Å². The molecular formula is C15H11FN4OS. The standard InChI is InChI=1S/C15H11FN4OS/c16-10-5-3-9(4-6-10)15-20(12(21)8-22-15)14-11-2-1-7-17-13(11)18-19-14/h1-7,15H,8H2,(H,17,18,19)/t15-/m1/s1. The van der Waals surface area contributed by atoms with E-state index in [9.17, 15) is 9.18 Å². The minimum Gasteiger partial charge on any atom is -0.277 e. The van der Waals surface area contributed by atoms with E-state index in [0.717, 1.165) is 10.9 Å². The van der Waals surface area contributed by atoms with Gasteiger partial charge in [0.15, 0.2) is 11.5 Å². The Morgan fingerprint density at radius 2 is 2.09 bits per heavy atom. The molecule has 3 aromatic rings. The first-order valence-electron chi connectivity index (χ1n) is 6.72. The van der Waals surface area contributed by atoms with Crippen LogP contribution in [-0.2, 0) is 4.79 Å². The number of aromatic nitrogens is 3. The molecule has 0 unspecified atom stereocenters. The second-order valence-electron chi connectivity index (χ2n) is 4.93. The molecule has 1 aliphatic rings. The first-order chi connectivity index (χ1) is 10.7. The van der Waals surface area contributed by atoms with Crippen LogP contribution in [0.3, 0.4) is 0 Å². The maximum atomic E-state index is 13.1. The van der Waals surface area contributed by atoms with E-state index >= 15 is 0 Å². The number of fused-ring (bicyclic) bond motifs is 1. The number of thioether (sulfide) groups is 1. The average Bonchev–Trinajstić information content (AvgIpc) is 3.11. The normalized spacial score (nSPS) is 18.3. The summed E-state index contributed by atoms with van der Waals surface area (Å²) in [6, 6.07) is 9.89. The van der Waals surface area contributed by atoms with E-state index in [1.165, 1.54) is 23.9 Å². The van der Waals surface area contributed by atoms with Crippen LogP contribution in [0.4, 0.5) is 10.2 Å². The van der Waals surface area contributed by atoms with Crippen molar-refractivity contribution in [2.45, 2.75) is 5.37 Å². The summed E-state index contributed by atoms with van der Waals surface area (Å²) in [5.74, 6) is 0.625. The largest absolute Gasteiger partial charge is 0.277 e. The van der Waals surface area contributed by atoms with Crippen LogP contribution in [0.5, 0.6) is 0 Å². The lowest BCUT2D eigenvalue weighted by Gasteiger charge is -2.22. The van der Waals surface area contributed by atoms with E-state index in [1.54, 1.807) is 23.2 Å². The Morgan fingerprint density at radius 3 is 2.91 bits per heavy atom. The minimum atomic E-state index is -0.293. The Hall–Kier alpha value is -2.41. The minimum absolute atomic E-state index is 0.0171. The van der Waals surface area contributed by atoms with Gasteiger partial charge in [0.25, 0.3) is 0 Å². The summed E-state index contributed by atoms with van der Waals surface area (Å²) in [5, 5.41) is 7.68. The molecule has 3 heterocycles. The number of carbonyl (C=O) groups is 1. The first-order valence-corrected chi connectivity index (χ1v) is 7.77. The summed E-state index contributed by atoms with van der Waals surface area (Å²) in [6.07, 6.45) is 1.67. The predicted molar refractivity (Wildman–Crippen MR) is 83.0 cm³/mol. The fourth-order valence-electron chi connectivity index (χ4n) is 2.55. The van der Waals surface area contributed by atoms with Crippen LogP contribution in [-0.4, -0.2) is 26.8 Å². The third kappa shape index (κ3) is 2.05. The number of carbonyl (C=O) groups excluding carboxylic acids is 1. The van der Waals surface area contributed by atoms with Crippen molar-refractivity contribution in [2.24, 2.45) is 0 Å². The van der Waals surface area contributed by atoms with Crippen LogP contribution >= 0.6 is 11.8 Å². The summed E-state index contributed by atoms with van der Waals surface area (Å²) < 4.78 is 13.1. The number of nitrogens with one attached hydrogen (secondary N) is 1. The Morgan fingerprint density at radius 1 is 1.27 bits per heavy atom. The predicted octanol–water partition coefficient (Wildman–Crippen LogP) is 2.88. The lowest BCUT2D eigenvalue weighted by Crippen LogP contribution is -2.28. The van der Waals surface area contributed by atoms with Crippen molar-refractivity contribution in [1.82, 2.24) is 15.2 Å². The molecule has 2 aromatic heterocycles. The molecule has 0 bridgehead atoms. The van der Waals surface area contributed by atoms with Gasteiger partial charge in [0, 0.05) is 6.20 Å². The van der Waals surface area contributed by atoms with Crippen molar-refractivity contribution in [3.63, 3.8) is 0 Å². The first kappa shape index (κ1) is 13.3. The van der Waals surface area contributed by atoms with Gasteiger partial charge >= 0.3 is 0 Å². The quantitative estimate of drug-likeness (QED) is 0.790. The lowest BCUT2D eigenvalue weighted by molar-refractivity contribution is -0.115.